The quantitative estimate of drug-likeness (QED) is 0.224. The summed E-state index contributed by atoms with van der Waals surface area (Å²) in [5, 5.41) is 14.6. The van der Waals surface area contributed by atoms with Crippen LogP contribution in [0.4, 0.5) is 0 Å². The Bertz CT molecular complexity index is 324. The maximum atomic E-state index is 8.36. The lowest BCUT2D eigenvalue weighted by Crippen LogP contribution is -2.25. The van der Waals surface area contributed by atoms with Crippen LogP contribution in [0.5, 0.6) is 0 Å². The van der Waals surface area contributed by atoms with Gasteiger partial charge in [-0.1, -0.05) is 42.4 Å². The van der Waals surface area contributed by atoms with E-state index in [0.29, 0.717) is 12.3 Å². The first-order chi connectivity index (χ1) is 7.74. The number of oxime groups is 1. The zero-order valence-corrected chi connectivity index (χ0v) is 9.56. The monoisotopic (exact) mass is 221 g/mol. The number of hydrogen-bond donors (Lipinski definition) is 3. The highest BCUT2D eigenvalue weighted by atomic mass is 16.4. The van der Waals surface area contributed by atoms with Crippen molar-refractivity contribution in [2.75, 3.05) is 13.1 Å². The molecule has 0 aliphatic carbocycles. The third kappa shape index (κ3) is 4.31. The van der Waals surface area contributed by atoms with Gasteiger partial charge in [0.15, 0.2) is 0 Å². The van der Waals surface area contributed by atoms with Crippen LogP contribution >= 0.6 is 0 Å². The molecular formula is C12H19N3O. The normalized spacial score (nSPS) is 13.7. The Kier molecular flexibility index (Phi) is 5.36. The predicted octanol–water partition coefficient (Wildman–Crippen LogP) is 1.52. The zero-order chi connectivity index (χ0) is 11.8. The number of nitrogens with zero attached hydrogens (tertiary/aromatic N) is 1. The van der Waals surface area contributed by atoms with E-state index in [1.165, 1.54) is 5.56 Å². The molecule has 0 amide bonds. The molecule has 0 fully saturated rings. The molecule has 16 heavy (non-hydrogen) atoms. The lowest BCUT2D eigenvalue weighted by molar-refractivity contribution is 0.316. The third-order valence-electron chi connectivity index (χ3n) is 2.51. The maximum absolute atomic E-state index is 8.36. The first-order valence-electron chi connectivity index (χ1n) is 5.46. The van der Waals surface area contributed by atoms with E-state index in [2.05, 4.69) is 29.5 Å². The standard InChI is InChI=1S/C12H19N3O/c1-10(11-5-3-2-4-6-11)9-14-8-7-12(13)15-16/h2-6,10,14,16H,7-9H2,1H3,(H2,13,15). The first-order valence-corrected chi connectivity index (χ1v) is 5.46. The van der Waals surface area contributed by atoms with Gasteiger partial charge in [-0.05, 0) is 11.5 Å². The van der Waals surface area contributed by atoms with Crippen LogP contribution in [0.3, 0.4) is 0 Å². The average molecular weight is 221 g/mol. The first kappa shape index (κ1) is 12.5. The van der Waals surface area contributed by atoms with E-state index < -0.39 is 0 Å². The highest BCUT2D eigenvalue weighted by Crippen LogP contribution is 2.12. The van der Waals surface area contributed by atoms with Gasteiger partial charge >= 0.3 is 0 Å². The van der Waals surface area contributed by atoms with Gasteiger partial charge in [-0.2, -0.15) is 0 Å². The molecule has 1 rings (SSSR count). The Labute approximate surface area is 96.2 Å². The van der Waals surface area contributed by atoms with Crippen LogP contribution < -0.4 is 11.1 Å². The van der Waals surface area contributed by atoms with Crippen molar-refractivity contribution in [1.82, 2.24) is 5.32 Å². The fourth-order valence-electron chi connectivity index (χ4n) is 1.48. The second-order valence-electron chi connectivity index (χ2n) is 3.86. The van der Waals surface area contributed by atoms with Crippen molar-refractivity contribution in [3.63, 3.8) is 0 Å². The van der Waals surface area contributed by atoms with Gasteiger partial charge in [-0.3, -0.25) is 0 Å². The Morgan fingerprint density at radius 3 is 2.75 bits per heavy atom. The zero-order valence-electron chi connectivity index (χ0n) is 9.56. The van der Waals surface area contributed by atoms with Gasteiger partial charge in [0, 0.05) is 19.5 Å². The molecule has 0 heterocycles. The lowest BCUT2D eigenvalue weighted by Gasteiger charge is -2.12. The summed E-state index contributed by atoms with van der Waals surface area (Å²) in [6.45, 7) is 3.79. The van der Waals surface area contributed by atoms with E-state index in [9.17, 15) is 0 Å². The second-order valence-corrected chi connectivity index (χ2v) is 3.86. The molecule has 1 atom stereocenters. The molecule has 0 aliphatic heterocycles. The predicted molar refractivity (Wildman–Crippen MR) is 65.8 cm³/mol. The maximum Gasteiger partial charge on any atom is 0.140 e. The summed E-state index contributed by atoms with van der Waals surface area (Å²) in [7, 11) is 0. The van der Waals surface area contributed by atoms with E-state index in [1.807, 2.05) is 18.2 Å². The Morgan fingerprint density at radius 1 is 1.44 bits per heavy atom. The number of benzene rings is 1. The van der Waals surface area contributed by atoms with E-state index >= 15 is 0 Å². The van der Waals surface area contributed by atoms with Crippen LogP contribution in [0, 0.1) is 0 Å². The summed E-state index contributed by atoms with van der Waals surface area (Å²) in [6, 6.07) is 10.3. The van der Waals surface area contributed by atoms with Crippen molar-refractivity contribution < 1.29 is 5.21 Å². The molecule has 0 radical (unpaired) electrons. The molecular weight excluding hydrogens is 202 g/mol. The van der Waals surface area contributed by atoms with Gasteiger partial charge in [-0.25, -0.2) is 0 Å². The van der Waals surface area contributed by atoms with Crippen molar-refractivity contribution in [3.05, 3.63) is 35.9 Å². The minimum Gasteiger partial charge on any atom is -0.409 e. The van der Waals surface area contributed by atoms with E-state index in [-0.39, 0.29) is 5.84 Å². The molecule has 0 saturated carbocycles. The third-order valence-corrected chi connectivity index (χ3v) is 2.51. The van der Waals surface area contributed by atoms with Gasteiger partial charge in [0.2, 0.25) is 0 Å². The smallest absolute Gasteiger partial charge is 0.140 e. The molecule has 4 nitrogen and oxygen atoms in total. The second kappa shape index (κ2) is 6.85. The van der Waals surface area contributed by atoms with Crippen LogP contribution in [0.15, 0.2) is 35.5 Å². The van der Waals surface area contributed by atoms with Gasteiger partial charge in [0.25, 0.3) is 0 Å². The minimum absolute atomic E-state index is 0.264. The van der Waals surface area contributed by atoms with E-state index in [1.54, 1.807) is 0 Å². The van der Waals surface area contributed by atoms with Gasteiger partial charge in [-0.15, -0.1) is 0 Å². The summed E-state index contributed by atoms with van der Waals surface area (Å²) in [6.07, 6.45) is 0.567. The Balaban J connectivity index is 2.23. The van der Waals surface area contributed by atoms with Gasteiger partial charge in [0.1, 0.15) is 5.84 Å². The van der Waals surface area contributed by atoms with Crippen LogP contribution in [0.25, 0.3) is 0 Å². The molecule has 4 heteroatoms. The largest absolute Gasteiger partial charge is 0.409 e. The molecule has 1 aromatic rings. The van der Waals surface area contributed by atoms with Crippen LogP contribution in [-0.4, -0.2) is 24.1 Å². The number of rotatable bonds is 6. The fourth-order valence-corrected chi connectivity index (χ4v) is 1.48. The molecule has 4 N–H and O–H groups in total. The molecule has 0 aromatic heterocycles. The summed E-state index contributed by atoms with van der Waals surface area (Å²) in [5.74, 6) is 0.730. The van der Waals surface area contributed by atoms with Gasteiger partial charge in [0.05, 0.1) is 0 Å². The Morgan fingerprint density at radius 2 is 2.12 bits per heavy atom. The van der Waals surface area contributed by atoms with E-state index in [4.69, 9.17) is 10.9 Å². The molecule has 88 valence electrons. The molecule has 0 spiro atoms. The summed E-state index contributed by atoms with van der Waals surface area (Å²) in [4.78, 5) is 0. The van der Waals surface area contributed by atoms with Crippen molar-refractivity contribution in [2.45, 2.75) is 19.3 Å². The van der Waals surface area contributed by atoms with E-state index in [0.717, 1.165) is 13.1 Å². The topological polar surface area (TPSA) is 70.6 Å². The molecule has 1 aromatic carbocycles. The molecule has 0 aliphatic rings. The molecule has 0 bridgehead atoms. The van der Waals surface area contributed by atoms with Crippen molar-refractivity contribution in [2.24, 2.45) is 10.9 Å². The number of amidine groups is 1. The van der Waals surface area contributed by atoms with Crippen LogP contribution in [0.2, 0.25) is 0 Å². The summed E-state index contributed by atoms with van der Waals surface area (Å²) < 4.78 is 0. The number of nitrogens with two attached hydrogens (primary N) is 1. The number of hydrogen-bond acceptors (Lipinski definition) is 3. The highest BCUT2D eigenvalue weighted by molar-refractivity contribution is 5.79. The fraction of sp³-hybridized carbons (Fsp3) is 0.417. The minimum atomic E-state index is 0.264. The SMILES string of the molecule is CC(CNCC/C(N)=N/O)c1ccccc1. The summed E-state index contributed by atoms with van der Waals surface area (Å²) >= 11 is 0. The summed E-state index contributed by atoms with van der Waals surface area (Å²) in [5.41, 5.74) is 6.68. The van der Waals surface area contributed by atoms with Gasteiger partial charge < -0.3 is 16.3 Å². The van der Waals surface area contributed by atoms with Crippen LogP contribution in [-0.2, 0) is 0 Å². The molecule has 1 unspecified atom stereocenters. The van der Waals surface area contributed by atoms with Crippen molar-refractivity contribution in [3.8, 4) is 0 Å². The lowest BCUT2D eigenvalue weighted by atomic mass is 10.0. The Hall–Kier alpha value is -1.55. The van der Waals surface area contributed by atoms with Crippen molar-refractivity contribution in [1.29, 1.82) is 0 Å². The highest BCUT2D eigenvalue weighted by Gasteiger charge is 2.03. The average Bonchev–Trinajstić information content (AvgIpc) is 2.35. The van der Waals surface area contributed by atoms with Crippen molar-refractivity contribution >= 4 is 5.84 Å². The number of nitrogens with one attached hydrogen (secondary N) is 1. The van der Waals surface area contributed by atoms with Crippen LogP contribution in [0.1, 0.15) is 24.8 Å². The molecule has 0 saturated heterocycles.